The molecule has 0 radical (unpaired) electrons. The van der Waals surface area contributed by atoms with Crippen LogP contribution in [0.15, 0.2) is 77.7 Å². The summed E-state index contributed by atoms with van der Waals surface area (Å²) in [6.45, 7) is 5.56. The van der Waals surface area contributed by atoms with E-state index in [9.17, 15) is 18.0 Å². The van der Waals surface area contributed by atoms with Gasteiger partial charge in [0, 0.05) is 23.1 Å². The van der Waals surface area contributed by atoms with Gasteiger partial charge in [-0.1, -0.05) is 67.4 Å². The van der Waals surface area contributed by atoms with Crippen LogP contribution in [-0.2, 0) is 26.2 Å². The Balaban J connectivity index is 2.07. The lowest BCUT2D eigenvalue weighted by Crippen LogP contribution is -2.52. The van der Waals surface area contributed by atoms with Crippen LogP contribution in [0.5, 0.6) is 0 Å². The number of carbonyl (C=O) groups excluding carboxylic acids is 2. The first kappa shape index (κ1) is 30.5. The summed E-state index contributed by atoms with van der Waals surface area (Å²) in [7, 11) is -4.14. The molecule has 0 aliphatic carbocycles. The molecule has 39 heavy (non-hydrogen) atoms. The zero-order valence-electron chi connectivity index (χ0n) is 22.2. The minimum absolute atomic E-state index is 0.0455. The lowest BCUT2D eigenvalue weighted by atomic mass is 10.1. The van der Waals surface area contributed by atoms with Crippen molar-refractivity contribution in [3.8, 4) is 0 Å². The molecule has 2 amide bonds. The molecule has 1 atom stereocenters. The van der Waals surface area contributed by atoms with Crippen LogP contribution in [0.4, 0.5) is 5.69 Å². The van der Waals surface area contributed by atoms with Gasteiger partial charge in [0.05, 0.1) is 10.6 Å². The Morgan fingerprint density at radius 2 is 1.56 bits per heavy atom. The zero-order chi connectivity index (χ0) is 28.6. The number of aryl methyl sites for hydroxylation is 1. The van der Waals surface area contributed by atoms with Crippen molar-refractivity contribution in [1.29, 1.82) is 0 Å². The Labute approximate surface area is 240 Å². The summed E-state index contributed by atoms with van der Waals surface area (Å²) in [6.07, 6.45) is 1.09. The summed E-state index contributed by atoms with van der Waals surface area (Å²) in [5, 5.41) is 3.86. The van der Waals surface area contributed by atoms with E-state index in [4.69, 9.17) is 23.2 Å². The Kier molecular flexibility index (Phi) is 10.8. The summed E-state index contributed by atoms with van der Waals surface area (Å²) in [6, 6.07) is 18.9. The van der Waals surface area contributed by atoms with Crippen molar-refractivity contribution >= 4 is 50.7 Å². The summed E-state index contributed by atoms with van der Waals surface area (Å²) in [4.78, 5) is 28.6. The van der Waals surface area contributed by atoms with E-state index in [1.54, 1.807) is 67.6 Å². The predicted molar refractivity (Wildman–Crippen MR) is 157 cm³/mol. The highest BCUT2D eigenvalue weighted by molar-refractivity contribution is 7.92. The van der Waals surface area contributed by atoms with E-state index in [-0.39, 0.29) is 17.3 Å². The van der Waals surface area contributed by atoms with Gasteiger partial charge in [0.15, 0.2) is 0 Å². The number of sulfonamides is 1. The third-order valence-electron chi connectivity index (χ3n) is 6.24. The van der Waals surface area contributed by atoms with Crippen molar-refractivity contribution in [2.75, 3.05) is 17.4 Å². The van der Waals surface area contributed by atoms with Crippen molar-refractivity contribution in [3.05, 3.63) is 94.0 Å². The molecular weight excluding hydrogens is 557 g/mol. The number of benzene rings is 3. The van der Waals surface area contributed by atoms with Crippen LogP contribution < -0.4 is 9.62 Å². The Morgan fingerprint density at radius 3 is 2.15 bits per heavy atom. The zero-order valence-corrected chi connectivity index (χ0v) is 24.6. The van der Waals surface area contributed by atoms with Crippen molar-refractivity contribution in [2.45, 2.75) is 51.1 Å². The summed E-state index contributed by atoms with van der Waals surface area (Å²) in [5.74, 6) is -0.806. The van der Waals surface area contributed by atoms with Gasteiger partial charge in [0.25, 0.3) is 10.0 Å². The molecule has 0 spiro atoms. The molecule has 10 heteroatoms. The fourth-order valence-electron chi connectivity index (χ4n) is 4.20. The molecule has 208 valence electrons. The van der Waals surface area contributed by atoms with E-state index >= 15 is 0 Å². The quantitative estimate of drug-likeness (QED) is 0.288. The topological polar surface area (TPSA) is 86.8 Å². The van der Waals surface area contributed by atoms with E-state index in [1.165, 1.54) is 17.0 Å². The van der Waals surface area contributed by atoms with E-state index < -0.39 is 28.5 Å². The lowest BCUT2D eigenvalue weighted by Gasteiger charge is -2.33. The maximum atomic E-state index is 14.0. The van der Waals surface area contributed by atoms with Crippen LogP contribution in [0.25, 0.3) is 0 Å². The molecule has 0 fully saturated rings. The highest BCUT2D eigenvalue weighted by Gasteiger charge is 2.34. The lowest BCUT2D eigenvalue weighted by molar-refractivity contribution is -0.140. The first-order chi connectivity index (χ1) is 18.6. The average molecular weight is 591 g/mol. The molecule has 0 unspecified atom stereocenters. The molecular formula is C29H33Cl2N3O4S. The maximum Gasteiger partial charge on any atom is 0.264 e. The van der Waals surface area contributed by atoms with Crippen LogP contribution in [0.2, 0.25) is 10.0 Å². The number of amides is 2. The van der Waals surface area contributed by atoms with E-state index in [0.717, 1.165) is 16.3 Å². The van der Waals surface area contributed by atoms with Crippen LogP contribution in [0, 0.1) is 6.92 Å². The maximum absolute atomic E-state index is 14.0. The second-order valence-electron chi connectivity index (χ2n) is 9.12. The van der Waals surface area contributed by atoms with Crippen LogP contribution >= 0.6 is 23.2 Å². The molecule has 0 aliphatic rings. The van der Waals surface area contributed by atoms with Gasteiger partial charge in [0.1, 0.15) is 12.6 Å². The van der Waals surface area contributed by atoms with E-state index in [0.29, 0.717) is 34.3 Å². The molecule has 0 bridgehead atoms. The molecule has 3 aromatic rings. The minimum atomic E-state index is -4.14. The average Bonchev–Trinajstić information content (AvgIpc) is 2.92. The normalized spacial score (nSPS) is 12.0. The predicted octanol–water partition coefficient (Wildman–Crippen LogP) is 5.83. The fraction of sp³-hybridized carbons (Fsp3) is 0.310. The molecule has 0 saturated carbocycles. The molecule has 0 aromatic heterocycles. The highest BCUT2D eigenvalue weighted by Crippen LogP contribution is 2.29. The van der Waals surface area contributed by atoms with Gasteiger partial charge in [-0.15, -0.1) is 0 Å². The standard InChI is InChI=1S/C29H33Cl2N3O4S/c1-4-17-32-29(36)26(5-2)33(19-22-11-13-23(30)14-12-22)28(35)20-34(27-16-15-24(31)18-21(27)3)39(37,38)25-9-7-6-8-10-25/h6-16,18,26H,4-5,17,19-20H2,1-3H3,(H,32,36)/t26-/m0/s1. The Morgan fingerprint density at radius 1 is 0.923 bits per heavy atom. The molecule has 0 heterocycles. The summed E-state index contributed by atoms with van der Waals surface area (Å²) >= 11 is 12.2. The number of hydrogen-bond donors (Lipinski definition) is 1. The number of carbonyl (C=O) groups is 2. The van der Waals surface area contributed by atoms with Gasteiger partial charge in [-0.25, -0.2) is 8.42 Å². The molecule has 3 aromatic carbocycles. The minimum Gasteiger partial charge on any atom is -0.354 e. The number of anilines is 1. The van der Waals surface area contributed by atoms with Gasteiger partial charge >= 0.3 is 0 Å². The molecule has 0 saturated heterocycles. The van der Waals surface area contributed by atoms with Crippen LogP contribution in [0.1, 0.15) is 37.8 Å². The third kappa shape index (κ3) is 7.75. The number of nitrogens with one attached hydrogen (secondary N) is 1. The number of hydrogen-bond acceptors (Lipinski definition) is 4. The highest BCUT2D eigenvalue weighted by atomic mass is 35.5. The van der Waals surface area contributed by atoms with E-state index in [1.807, 2.05) is 13.8 Å². The van der Waals surface area contributed by atoms with Gasteiger partial charge in [-0.2, -0.15) is 0 Å². The number of halogens is 2. The van der Waals surface area contributed by atoms with Crippen molar-refractivity contribution in [2.24, 2.45) is 0 Å². The Bertz CT molecular complexity index is 1380. The van der Waals surface area contributed by atoms with Crippen molar-refractivity contribution in [3.63, 3.8) is 0 Å². The third-order valence-corrected chi connectivity index (χ3v) is 8.50. The SMILES string of the molecule is CCCNC(=O)[C@H](CC)N(Cc1ccc(Cl)cc1)C(=O)CN(c1ccc(Cl)cc1C)S(=O)(=O)c1ccccc1. The second kappa shape index (κ2) is 13.8. The number of nitrogens with zero attached hydrogens (tertiary/aromatic N) is 2. The van der Waals surface area contributed by atoms with Crippen LogP contribution in [0.3, 0.4) is 0 Å². The van der Waals surface area contributed by atoms with Crippen LogP contribution in [-0.4, -0.2) is 44.3 Å². The first-order valence-electron chi connectivity index (χ1n) is 12.7. The van der Waals surface area contributed by atoms with Gasteiger partial charge in [0.2, 0.25) is 11.8 Å². The summed E-state index contributed by atoms with van der Waals surface area (Å²) < 4.78 is 28.8. The van der Waals surface area contributed by atoms with Gasteiger partial charge in [-0.05, 0) is 73.4 Å². The molecule has 7 nitrogen and oxygen atoms in total. The monoisotopic (exact) mass is 589 g/mol. The second-order valence-corrected chi connectivity index (χ2v) is 11.9. The van der Waals surface area contributed by atoms with E-state index in [2.05, 4.69) is 5.32 Å². The largest absolute Gasteiger partial charge is 0.354 e. The van der Waals surface area contributed by atoms with Crippen molar-refractivity contribution < 1.29 is 18.0 Å². The summed E-state index contributed by atoms with van der Waals surface area (Å²) in [5.41, 5.74) is 1.67. The smallest absolute Gasteiger partial charge is 0.264 e. The Hall–Kier alpha value is -3.07. The van der Waals surface area contributed by atoms with Gasteiger partial charge < -0.3 is 10.2 Å². The fourth-order valence-corrected chi connectivity index (χ4v) is 6.06. The molecule has 3 rings (SSSR count). The van der Waals surface area contributed by atoms with Gasteiger partial charge in [-0.3, -0.25) is 13.9 Å². The number of rotatable bonds is 12. The van der Waals surface area contributed by atoms with Crippen molar-refractivity contribution in [1.82, 2.24) is 10.2 Å². The molecule has 0 aliphatic heterocycles. The molecule has 1 N–H and O–H groups in total. The first-order valence-corrected chi connectivity index (χ1v) is 14.9.